The minimum Gasteiger partial charge on any atom is -0.388 e. The molecule has 1 saturated heterocycles. The quantitative estimate of drug-likeness (QED) is 0.812. The van der Waals surface area contributed by atoms with E-state index in [-0.39, 0.29) is 11.5 Å². The zero-order chi connectivity index (χ0) is 13.9. The Balaban J connectivity index is 2.01. The third-order valence-corrected chi connectivity index (χ3v) is 4.55. The Labute approximate surface area is 121 Å². The molecule has 0 amide bonds. The maximum absolute atomic E-state index is 10.4. The molecule has 2 atom stereocenters. The highest BCUT2D eigenvalue weighted by Crippen LogP contribution is 2.29. The fourth-order valence-electron chi connectivity index (χ4n) is 2.75. The van der Waals surface area contributed by atoms with E-state index in [1.165, 1.54) is 5.56 Å². The second kappa shape index (κ2) is 6.12. The standard InChI is InChI=1S/C16H23NOS/c1-16(2,12-7-4-3-5-8-12)11-14(18)15(19)13-9-6-10-17-13/h3-5,7-8,13-14,17-18H,6,9-11H2,1-2H3/t13-,14+/m0/s1. The molecule has 0 aromatic heterocycles. The van der Waals surface area contributed by atoms with Crippen LogP contribution >= 0.6 is 12.2 Å². The van der Waals surface area contributed by atoms with Gasteiger partial charge in [0.1, 0.15) is 0 Å². The highest BCUT2D eigenvalue weighted by atomic mass is 32.1. The topological polar surface area (TPSA) is 32.3 Å². The molecule has 1 aromatic rings. The largest absolute Gasteiger partial charge is 0.388 e. The molecule has 2 N–H and O–H groups in total. The Kier molecular flexibility index (Phi) is 4.71. The van der Waals surface area contributed by atoms with E-state index in [0.717, 1.165) is 24.3 Å². The van der Waals surface area contributed by atoms with Crippen molar-refractivity contribution in [3.8, 4) is 0 Å². The molecule has 2 rings (SSSR count). The zero-order valence-corrected chi connectivity index (χ0v) is 12.5. The van der Waals surface area contributed by atoms with Gasteiger partial charge in [-0.05, 0) is 36.8 Å². The summed E-state index contributed by atoms with van der Waals surface area (Å²) in [6.45, 7) is 5.34. The van der Waals surface area contributed by atoms with E-state index in [4.69, 9.17) is 12.2 Å². The van der Waals surface area contributed by atoms with Crippen LogP contribution in [0.2, 0.25) is 0 Å². The van der Waals surface area contributed by atoms with Crippen LogP contribution < -0.4 is 5.32 Å². The zero-order valence-electron chi connectivity index (χ0n) is 11.7. The first kappa shape index (κ1) is 14.6. The lowest BCUT2D eigenvalue weighted by Gasteiger charge is -2.29. The second-order valence-electron chi connectivity index (χ2n) is 6.02. The molecule has 1 aliphatic rings. The van der Waals surface area contributed by atoms with Crippen molar-refractivity contribution in [3.05, 3.63) is 35.9 Å². The number of nitrogens with one attached hydrogen (secondary N) is 1. The molecule has 1 aromatic carbocycles. The average molecular weight is 277 g/mol. The van der Waals surface area contributed by atoms with E-state index in [9.17, 15) is 5.11 Å². The average Bonchev–Trinajstić information content (AvgIpc) is 2.92. The van der Waals surface area contributed by atoms with E-state index in [0.29, 0.717) is 6.42 Å². The minimum atomic E-state index is -0.513. The van der Waals surface area contributed by atoms with Gasteiger partial charge in [-0.15, -0.1) is 0 Å². The Morgan fingerprint density at radius 2 is 2.11 bits per heavy atom. The third-order valence-electron chi connectivity index (χ3n) is 3.99. The normalized spacial score (nSPS) is 21.3. The van der Waals surface area contributed by atoms with E-state index in [1.54, 1.807) is 0 Å². The summed E-state index contributed by atoms with van der Waals surface area (Å²) >= 11 is 5.44. The SMILES string of the molecule is CC(C)(C[C@@H](O)C(=S)[C@@H]1CCCN1)c1ccccc1. The van der Waals surface area contributed by atoms with Crippen LogP contribution in [-0.2, 0) is 5.41 Å². The fourth-order valence-corrected chi connectivity index (χ4v) is 3.04. The van der Waals surface area contributed by atoms with E-state index in [2.05, 4.69) is 31.3 Å². The lowest BCUT2D eigenvalue weighted by atomic mass is 9.78. The summed E-state index contributed by atoms with van der Waals surface area (Å²) < 4.78 is 0. The molecule has 0 spiro atoms. The van der Waals surface area contributed by atoms with Crippen molar-refractivity contribution in [2.24, 2.45) is 0 Å². The number of hydrogen-bond donors (Lipinski definition) is 2. The van der Waals surface area contributed by atoms with Crippen molar-refractivity contribution >= 4 is 17.1 Å². The number of hydrogen-bond acceptors (Lipinski definition) is 3. The summed E-state index contributed by atoms with van der Waals surface area (Å²) in [5.74, 6) is 0. The Bertz CT molecular complexity index is 424. The Morgan fingerprint density at radius 1 is 1.42 bits per heavy atom. The first-order valence-corrected chi connectivity index (χ1v) is 7.42. The molecule has 1 heterocycles. The first-order chi connectivity index (χ1) is 9.00. The van der Waals surface area contributed by atoms with Gasteiger partial charge in [-0.3, -0.25) is 0 Å². The highest BCUT2D eigenvalue weighted by molar-refractivity contribution is 7.80. The van der Waals surface area contributed by atoms with Crippen LogP contribution in [0.3, 0.4) is 0 Å². The second-order valence-corrected chi connectivity index (χ2v) is 6.49. The van der Waals surface area contributed by atoms with Gasteiger partial charge in [0.05, 0.1) is 6.10 Å². The Hall–Kier alpha value is -0.770. The molecular formula is C16H23NOS. The van der Waals surface area contributed by atoms with Crippen molar-refractivity contribution in [2.45, 2.75) is 50.7 Å². The molecule has 0 radical (unpaired) electrons. The van der Waals surface area contributed by atoms with Crippen molar-refractivity contribution in [1.29, 1.82) is 0 Å². The fraction of sp³-hybridized carbons (Fsp3) is 0.562. The lowest BCUT2D eigenvalue weighted by Crippen LogP contribution is -2.40. The van der Waals surface area contributed by atoms with Gasteiger partial charge in [0.15, 0.2) is 0 Å². The third kappa shape index (κ3) is 3.62. The molecule has 0 aliphatic carbocycles. The van der Waals surface area contributed by atoms with Crippen LogP contribution in [0.4, 0.5) is 0 Å². The van der Waals surface area contributed by atoms with Crippen LogP contribution in [0, 0.1) is 0 Å². The number of benzene rings is 1. The van der Waals surface area contributed by atoms with Gasteiger partial charge >= 0.3 is 0 Å². The number of aliphatic hydroxyl groups is 1. The summed E-state index contributed by atoms with van der Waals surface area (Å²) in [5, 5.41) is 13.8. The predicted molar refractivity (Wildman–Crippen MR) is 83.7 cm³/mol. The molecule has 19 heavy (non-hydrogen) atoms. The highest BCUT2D eigenvalue weighted by Gasteiger charge is 2.30. The minimum absolute atomic E-state index is 0.0661. The van der Waals surface area contributed by atoms with Gasteiger partial charge in [-0.25, -0.2) is 0 Å². The predicted octanol–water partition coefficient (Wildman–Crippen LogP) is 2.84. The Morgan fingerprint density at radius 3 is 2.68 bits per heavy atom. The maximum Gasteiger partial charge on any atom is 0.0876 e. The first-order valence-electron chi connectivity index (χ1n) is 7.01. The van der Waals surface area contributed by atoms with Gasteiger partial charge in [-0.2, -0.15) is 0 Å². The molecule has 104 valence electrons. The molecular weight excluding hydrogens is 254 g/mol. The van der Waals surface area contributed by atoms with Crippen LogP contribution in [0.25, 0.3) is 0 Å². The molecule has 3 heteroatoms. The molecule has 2 nitrogen and oxygen atoms in total. The summed E-state index contributed by atoms with van der Waals surface area (Å²) in [7, 11) is 0. The van der Waals surface area contributed by atoms with Crippen LogP contribution in [0.15, 0.2) is 30.3 Å². The van der Waals surface area contributed by atoms with Gasteiger partial charge < -0.3 is 10.4 Å². The lowest BCUT2D eigenvalue weighted by molar-refractivity contribution is 0.198. The summed E-state index contributed by atoms with van der Waals surface area (Å²) in [6, 6.07) is 10.5. The number of rotatable bonds is 5. The van der Waals surface area contributed by atoms with Crippen LogP contribution in [-0.4, -0.2) is 28.7 Å². The van der Waals surface area contributed by atoms with Gasteiger partial charge in [-0.1, -0.05) is 56.4 Å². The van der Waals surface area contributed by atoms with E-state index < -0.39 is 6.10 Å². The van der Waals surface area contributed by atoms with Crippen LogP contribution in [0.1, 0.15) is 38.7 Å². The van der Waals surface area contributed by atoms with Crippen molar-refractivity contribution in [1.82, 2.24) is 5.32 Å². The molecule has 1 aliphatic heterocycles. The van der Waals surface area contributed by atoms with Gasteiger partial charge in [0.25, 0.3) is 0 Å². The summed E-state index contributed by atoms with van der Waals surface area (Å²) in [4.78, 5) is 0.779. The van der Waals surface area contributed by atoms with E-state index >= 15 is 0 Å². The molecule has 0 bridgehead atoms. The summed E-state index contributed by atoms with van der Waals surface area (Å²) in [6.07, 6.45) is 2.37. The number of aliphatic hydroxyl groups excluding tert-OH is 1. The molecule has 0 unspecified atom stereocenters. The molecule has 1 fully saturated rings. The van der Waals surface area contributed by atoms with Gasteiger partial charge in [0, 0.05) is 10.9 Å². The van der Waals surface area contributed by atoms with Crippen molar-refractivity contribution < 1.29 is 5.11 Å². The van der Waals surface area contributed by atoms with E-state index in [1.807, 2.05) is 18.2 Å². The number of thiocarbonyl (C=S) groups is 1. The van der Waals surface area contributed by atoms with Gasteiger partial charge in [0.2, 0.25) is 0 Å². The van der Waals surface area contributed by atoms with Crippen molar-refractivity contribution in [3.63, 3.8) is 0 Å². The van der Waals surface area contributed by atoms with Crippen LogP contribution in [0.5, 0.6) is 0 Å². The van der Waals surface area contributed by atoms with Crippen molar-refractivity contribution in [2.75, 3.05) is 6.54 Å². The smallest absolute Gasteiger partial charge is 0.0876 e. The molecule has 0 saturated carbocycles. The maximum atomic E-state index is 10.4. The monoisotopic (exact) mass is 277 g/mol. The summed E-state index contributed by atoms with van der Waals surface area (Å²) in [5.41, 5.74) is 1.18.